The number of hydrogen-bond acceptors (Lipinski definition) is 4. The van der Waals surface area contributed by atoms with Crippen LogP contribution in [0, 0.1) is 5.41 Å². The molecule has 0 aliphatic carbocycles. The molecule has 0 saturated carbocycles. The summed E-state index contributed by atoms with van der Waals surface area (Å²) in [6, 6.07) is 10.3. The van der Waals surface area contributed by atoms with Gasteiger partial charge in [-0.15, -0.1) is 0 Å². The van der Waals surface area contributed by atoms with E-state index >= 15 is 0 Å². The van der Waals surface area contributed by atoms with Crippen molar-refractivity contribution in [3.8, 4) is 0 Å². The highest BCUT2D eigenvalue weighted by atomic mass is 32.2. The lowest BCUT2D eigenvalue weighted by molar-refractivity contribution is 0.443. The van der Waals surface area contributed by atoms with Crippen LogP contribution in [0.2, 0.25) is 0 Å². The Labute approximate surface area is 141 Å². The molecule has 2 heterocycles. The van der Waals surface area contributed by atoms with Gasteiger partial charge in [0, 0.05) is 30.4 Å². The summed E-state index contributed by atoms with van der Waals surface area (Å²) in [6.07, 6.45) is 3.69. The first-order chi connectivity index (χ1) is 11.0. The predicted octanol–water partition coefficient (Wildman–Crippen LogP) is 4.71. The molecular weight excluding hydrogens is 304 g/mol. The van der Waals surface area contributed by atoms with E-state index in [9.17, 15) is 0 Å². The van der Waals surface area contributed by atoms with Gasteiger partial charge in [-0.2, -0.15) is 0 Å². The van der Waals surface area contributed by atoms with Gasteiger partial charge < -0.3 is 10.3 Å². The predicted molar refractivity (Wildman–Crippen MR) is 97.8 cm³/mol. The Hall–Kier alpha value is -2.01. The van der Waals surface area contributed by atoms with Crippen molar-refractivity contribution in [2.45, 2.75) is 31.7 Å². The number of benzene rings is 1. The van der Waals surface area contributed by atoms with E-state index < -0.39 is 0 Å². The first kappa shape index (κ1) is 15.9. The van der Waals surface area contributed by atoms with Crippen molar-refractivity contribution in [3.05, 3.63) is 48.3 Å². The quantitative estimate of drug-likeness (QED) is 0.667. The first-order valence-electron chi connectivity index (χ1n) is 7.75. The van der Waals surface area contributed by atoms with Crippen molar-refractivity contribution in [3.63, 3.8) is 0 Å². The Morgan fingerprint density at radius 3 is 2.83 bits per heavy atom. The van der Waals surface area contributed by atoms with Crippen LogP contribution in [0.25, 0.3) is 11.0 Å². The van der Waals surface area contributed by atoms with Crippen LogP contribution in [-0.4, -0.2) is 21.5 Å². The van der Waals surface area contributed by atoms with Crippen LogP contribution < -0.4 is 5.32 Å². The van der Waals surface area contributed by atoms with Gasteiger partial charge in [0.15, 0.2) is 5.16 Å². The number of rotatable bonds is 5. The van der Waals surface area contributed by atoms with E-state index in [1.165, 1.54) is 5.56 Å². The molecule has 0 aliphatic heterocycles. The molecule has 4 nitrogen and oxygen atoms in total. The second-order valence-electron chi connectivity index (χ2n) is 6.84. The van der Waals surface area contributed by atoms with Crippen molar-refractivity contribution in [1.29, 1.82) is 0 Å². The average molecular weight is 326 g/mol. The summed E-state index contributed by atoms with van der Waals surface area (Å²) in [5, 5.41) is 4.42. The lowest BCUT2D eigenvalue weighted by atomic mass is 9.97. The van der Waals surface area contributed by atoms with Gasteiger partial charge >= 0.3 is 0 Å². The SMILES string of the molecule is CC(C)(C)CNc1ccc2nc(SCc3cccnc3)[nH]c2c1. The minimum absolute atomic E-state index is 0.258. The Balaban J connectivity index is 1.69. The molecule has 0 fully saturated rings. The van der Waals surface area contributed by atoms with Crippen LogP contribution in [0.3, 0.4) is 0 Å². The number of nitrogens with zero attached hydrogens (tertiary/aromatic N) is 2. The Morgan fingerprint density at radius 1 is 1.22 bits per heavy atom. The molecule has 120 valence electrons. The molecule has 0 saturated heterocycles. The van der Waals surface area contributed by atoms with Crippen molar-refractivity contribution in [2.24, 2.45) is 5.41 Å². The minimum Gasteiger partial charge on any atom is -0.384 e. The Kier molecular flexibility index (Phi) is 4.57. The summed E-state index contributed by atoms with van der Waals surface area (Å²) in [5.74, 6) is 0.864. The third-order valence-electron chi connectivity index (χ3n) is 3.38. The summed E-state index contributed by atoms with van der Waals surface area (Å²) in [7, 11) is 0. The molecule has 0 amide bonds. The van der Waals surface area contributed by atoms with Crippen LogP contribution in [0.15, 0.2) is 47.9 Å². The average Bonchev–Trinajstić information content (AvgIpc) is 2.93. The van der Waals surface area contributed by atoms with Crippen molar-refractivity contribution in [2.75, 3.05) is 11.9 Å². The number of hydrogen-bond donors (Lipinski definition) is 2. The minimum atomic E-state index is 0.258. The van der Waals surface area contributed by atoms with Crippen LogP contribution >= 0.6 is 11.8 Å². The molecule has 0 radical (unpaired) electrons. The number of pyridine rings is 1. The van der Waals surface area contributed by atoms with E-state index in [0.717, 1.165) is 34.2 Å². The highest BCUT2D eigenvalue weighted by molar-refractivity contribution is 7.98. The summed E-state index contributed by atoms with van der Waals surface area (Å²) in [5.41, 5.74) is 4.65. The fourth-order valence-electron chi connectivity index (χ4n) is 2.17. The van der Waals surface area contributed by atoms with Gasteiger partial charge in [-0.25, -0.2) is 4.98 Å². The van der Waals surface area contributed by atoms with E-state index in [4.69, 9.17) is 0 Å². The van der Waals surface area contributed by atoms with E-state index in [-0.39, 0.29) is 5.41 Å². The molecule has 23 heavy (non-hydrogen) atoms. The van der Waals surface area contributed by atoms with Crippen molar-refractivity contribution in [1.82, 2.24) is 15.0 Å². The van der Waals surface area contributed by atoms with Crippen LogP contribution in [0.5, 0.6) is 0 Å². The lowest BCUT2D eigenvalue weighted by Crippen LogP contribution is -2.18. The monoisotopic (exact) mass is 326 g/mol. The number of H-pyrrole nitrogens is 1. The maximum atomic E-state index is 4.64. The number of imidazole rings is 1. The molecule has 0 bridgehead atoms. The Morgan fingerprint density at radius 2 is 2.09 bits per heavy atom. The molecule has 0 atom stereocenters. The van der Waals surface area contributed by atoms with Crippen LogP contribution in [0.4, 0.5) is 5.69 Å². The zero-order valence-corrected chi connectivity index (χ0v) is 14.6. The molecule has 3 aromatic rings. The highest BCUT2D eigenvalue weighted by Gasteiger charge is 2.10. The van der Waals surface area contributed by atoms with E-state index in [1.54, 1.807) is 18.0 Å². The van der Waals surface area contributed by atoms with Crippen LogP contribution in [0.1, 0.15) is 26.3 Å². The van der Waals surface area contributed by atoms with Gasteiger partial charge in [0.05, 0.1) is 11.0 Å². The number of thioether (sulfide) groups is 1. The summed E-state index contributed by atoms with van der Waals surface area (Å²) < 4.78 is 0. The van der Waals surface area contributed by atoms with Crippen molar-refractivity contribution < 1.29 is 0 Å². The van der Waals surface area contributed by atoms with Gasteiger partial charge in [0.1, 0.15) is 0 Å². The molecular formula is C18H22N4S. The molecule has 1 aromatic carbocycles. The molecule has 0 spiro atoms. The second-order valence-corrected chi connectivity index (χ2v) is 7.80. The molecule has 2 N–H and O–H groups in total. The maximum Gasteiger partial charge on any atom is 0.166 e. The van der Waals surface area contributed by atoms with Crippen LogP contribution in [-0.2, 0) is 5.75 Å². The zero-order valence-electron chi connectivity index (χ0n) is 13.8. The molecule has 3 rings (SSSR count). The van der Waals surface area contributed by atoms with Gasteiger partial charge in [0.25, 0.3) is 0 Å². The highest BCUT2D eigenvalue weighted by Crippen LogP contribution is 2.25. The van der Waals surface area contributed by atoms with Crippen molar-refractivity contribution >= 4 is 28.5 Å². The molecule has 5 heteroatoms. The third kappa shape index (κ3) is 4.48. The molecule has 0 unspecified atom stereocenters. The Bertz CT molecular complexity index is 775. The van der Waals surface area contributed by atoms with Gasteiger partial charge in [-0.05, 0) is 35.2 Å². The lowest BCUT2D eigenvalue weighted by Gasteiger charge is -2.19. The third-order valence-corrected chi connectivity index (χ3v) is 4.33. The second kappa shape index (κ2) is 6.62. The molecule has 0 aliphatic rings. The van der Waals surface area contributed by atoms with Gasteiger partial charge in [0.2, 0.25) is 0 Å². The van der Waals surface area contributed by atoms with E-state index in [0.29, 0.717) is 0 Å². The number of anilines is 1. The number of aromatic nitrogens is 3. The zero-order chi connectivity index (χ0) is 16.3. The standard InChI is InChI=1S/C18H22N4S/c1-18(2,3)12-20-14-6-7-15-16(9-14)22-17(21-15)23-11-13-5-4-8-19-10-13/h4-10,20H,11-12H2,1-3H3,(H,21,22). The maximum absolute atomic E-state index is 4.64. The topological polar surface area (TPSA) is 53.6 Å². The van der Waals surface area contributed by atoms with E-state index in [1.807, 2.05) is 12.3 Å². The summed E-state index contributed by atoms with van der Waals surface area (Å²) >= 11 is 1.70. The summed E-state index contributed by atoms with van der Waals surface area (Å²) in [6.45, 7) is 7.61. The number of aromatic amines is 1. The smallest absolute Gasteiger partial charge is 0.166 e. The largest absolute Gasteiger partial charge is 0.384 e. The van der Waals surface area contributed by atoms with E-state index in [2.05, 4.69) is 65.3 Å². The first-order valence-corrected chi connectivity index (χ1v) is 8.73. The van der Waals surface area contributed by atoms with Gasteiger partial charge in [-0.3, -0.25) is 4.98 Å². The van der Waals surface area contributed by atoms with Gasteiger partial charge in [-0.1, -0.05) is 38.6 Å². The number of fused-ring (bicyclic) bond motifs is 1. The molecule has 2 aromatic heterocycles. The summed E-state index contributed by atoms with van der Waals surface area (Å²) in [4.78, 5) is 12.2. The fraction of sp³-hybridized carbons (Fsp3) is 0.333. The normalized spacial score (nSPS) is 11.8. The fourth-order valence-corrected chi connectivity index (χ4v) is 2.99. The number of nitrogens with one attached hydrogen (secondary N) is 2.